The molecule has 1 saturated carbocycles. The molecule has 0 amide bonds. The first-order valence-electron chi connectivity index (χ1n) is 8.33. The molecule has 19 heavy (non-hydrogen) atoms. The van der Waals surface area contributed by atoms with E-state index in [2.05, 4.69) is 36.0 Å². The van der Waals surface area contributed by atoms with Gasteiger partial charge in [0.05, 0.1) is 0 Å². The quantitative estimate of drug-likeness (QED) is 0.822. The molecule has 2 fully saturated rings. The molecular formula is C16H33N3. The fourth-order valence-corrected chi connectivity index (χ4v) is 3.66. The Balaban J connectivity index is 1.82. The molecule has 112 valence electrons. The van der Waals surface area contributed by atoms with E-state index >= 15 is 0 Å². The number of hydrogen-bond donors (Lipinski definition) is 1. The van der Waals surface area contributed by atoms with Gasteiger partial charge in [0.2, 0.25) is 0 Å². The van der Waals surface area contributed by atoms with Gasteiger partial charge in [0.15, 0.2) is 0 Å². The average molecular weight is 267 g/mol. The first-order chi connectivity index (χ1) is 9.19. The fraction of sp³-hybridized carbons (Fsp3) is 1.00. The van der Waals surface area contributed by atoms with Gasteiger partial charge < -0.3 is 15.1 Å². The SMILES string of the molecule is CCCNC1CCC(C)CC1CN1CCN(C)CC1. The van der Waals surface area contributed by atoms with Gasteiger partial charge in [0.25, 0.3) is 0 Å². The van der Waals surface area contributed by atoms with Gasteiger partial charge >= 0.3 is 0 Å². The Labute approximate surface area is 119 Å². The molecule has 1 N–H and O–H groups in total. The second-order valence-electron chi connectivity index (χ2n) is 6.84. The minimum Gasteiger partial charge on any atom is -0.314 e. The van der Waals surface area contributed by atoms with Crippen LogP contribution >= 0.6 is 0 Å². The Morgan fingerprint density at radius 3 is 2.53 bits per heavy atom. The molecule has 3 atom stereocenters. The molecule has 3 heteroatoms. The van der Waals surface area contributed by atoms with Crippen LogP contribution in [0.4, 0.5) is 0 Å². The second-order valence-corrected chi connectivity index (χ2v) is 6.84. The molecule has 0 aromatic carbocycles. The molecule has 1 saturated heterocycles. The summed E-state index contributed by atoms with van der Waals surface area (Å²) in [6, 6.07) is 0.774. The fourth-order valence-electron chi connectivity index (χ4n) is 3.66. The summed E-state index contributed by atoms with van der Waals surface area (Å²) in [7, 11) is 2.24. The van der Waals surface area contributed by atoms with E-state index in [1.165, 1.54) is 65.0 Å². The zero-order valence-corrected chi connectivity index (χ0v) is 13.2. The number of nitrogens with zero attached hydrogens (tertiary/aromatic N) is 2. The normalized spacial score (nSPS) is 34.6. The molecule has 0 aromatic heterocycles. The van der Waals surface area contributed by atoms with Crippen molar-refractivity contribution in [1.82, 2.24) is 15.1 Å². The van der Waals surface area contributed by atoms with E-state index in [9.17, 15) is 0 Å². The van der Waals surface area contributed by atoms with Crippen molar-refractivity contribution >= 4 is 0 Å². The van der Waals surface area contributed by atoms with Crippen LogP contribution in [0.2, 0.25) is 0 Å². The van der Waals surface area contributed by atoms with Crippen LogP contribution in [0.3, 0.4) is 0 Å². The highest BCUT2D eigenvalue weighted by molar-refractivity contribution is 4.86. The monoisotopic (exact) mass is 267 g/mol. The summed E-state index contributed by atoms with van der Waals surface area (Å²) in [5.74, 6) is 1.80. The van der Waals surface area contributed by atoms with Gasteiger partial charge in [0, 0.05) is 38.8 Å². The van der Waals surface area contributed by atoms with Gasteiger partial charge in [0.1, 0.15) is 0 Å². The van der Waals surface area contributed by atoms with Gasteiger partial charge in [-0.1, -0.05) is 13.8 Å². The number of hydrogen-bond acceptors (Lipinski definition) is 3. The van der Waals surface area contributed by atoms with Crippen LogP contribution in [0, 0.1) is 11.8 Å². The maximum Gasteiger partial charge on any atom is 0.0110 e. The van der Waals surface area contributed by atoms with Crippen LogP contribution in [0.25, 0.3) is 0 Å². The first kappa shape index (κ1) is 15.3. The van der Waals surface area contributed by atoms with E-state index in [0.717, 1.165) is 17.9 Å². The highest BCUT2D eigenvalue weighted by Gasteiger charge is 2.30. The summed E-state index contributed by atoms with van der Waals surface area (Å²) >= 11 is 0. The zero-order chi connectivity index (χ0) is 13.7. The standard InChI is InChI=1S/C16H33N3/c1-4-7-17-16-6-5-14(2)12-15(16)13-19-10-8-18(3)9-11-19/h14-17H,4-13H2,1-3H3. The first-order valence-corrected chi connectivity index (χ1v) is 8.33. The molecule has 2 rings (SSSR count). The van der Waals surface area contributed by atoms with Crippen molar-refractivity contribution in [3.05, 3.63) is 0 Å². The predicted molar refractivity (Wildman–Crippen MR) is 82.5 cm³/mol. The third-order valence-corrected chi connectivity index (χ3v) is 4.99. The Morgan fingerprint density at radius 2 is 1.84 bits per heavy atom. The maximum atomic E-state index is 3.80. The summed E-state index contributed by atoms with van der Waals surface area (Å²) in [6.07, 6.45) is 5.49. The molecule has 1 aliphatic heterocycles. The van der Waals surface area contributed by atoms with Crippen molar-refractivity contribution in [1.29, 1.82) is 0 Å². The summed E-state index contributed by atoms with van der Waals surface area (Å²) in [5.41, 5.74) is 0. The van der Waals surface area contributed by atoms with E-state index in [-0.39, 0.29) is 0 Å². The van der Waals surface area contributed by atoms with E-state index in [0.29, 0.717) is 0 Å². The number of rotatable bonds is 5. The Morgan fingerprint density at radius 1 is 1.11 bits per heavy atom. The average Bonchev–Trinajstić information content (AvgIpc) is 2.40. The van der Waals surface area contributed by atoms with Crippen LogP contribution < -0.4 is 5.32 Å². The third kappa shape index (κ3) is 4.73. The summed E-state index contributed by atoms with van der Waals surface area (Å²) < 4.78 is 0. The summed E-state index contributed by atoms with van der Waals surface area (Å²) in [4.78, 5) is 5.15. The van der Waals surface area contributed by atoms with Crippen molar-refractivity contribution in [2.75, 3.05) is 46.3 Å². The third-order valence-electron chi connectivity index (χ3n) is 4.99. The highest BCUT2D eigenvalue weighted by atomic mass is 15.2. The molecule has 0 aromatic rings. The second kappa shape index (κ2) is 7.61. The lowest BCUT2D eigenvalue weighted by molar-refractivity contribution is 0.102. The van der Waals surface area contributed by atoms with E-state index in [4.69, 9.17) is 0 Å². The van der Waals surface area contributed by atoms with E-state index in [1.54, 1.807) is 0 Å². The van der Waals surface area contributed by atoms with Gasteiger partial charge in [-0.15, -0.1) is 0 Å². The number of piperazine rings is 1. The van der Waals surface area contributed by atoms with Crippen LogP contribution in [0.5, 0.6) is 0 Å². The number of likely N-dealkylation sites (N-methyl/N-ethyl adjacent to an activating group) is 1. The van der Waals surface area contributed by atoms with Gasteiger partial charge in [-0.05, 0) is 51.1 Å². The van der Waals surface area contributed by atoms with Crippen molar-refractivity contribution < 1.29 is 0 Å². The Hall–Kier alpha value is -0.120. The summed E-state index contributed by atoms with van der Waals surface area (Å²) in [6.45, 7) is 12.2. The number of nitrogens with one attached hydrogen (secondary N) is 1. The topological polar surface area (TPSA) is 18.5 Å². The van der Waals surface area contributed by atoms with Crippen LogP contribution in [0.1, 0.15) is 39.5 Å². The summed E-state index contributed by atoms with van der Waals surface area (Å²) in [5, 5.41) is 3.80. The van der Waals surface area contributed by atoms with Crippen LogP contribution in [-0.2, 0) is 0 Å². The Kier molecular flexibility index (Phi) is 6.11. The zero-order valence-electron chi connectivity index (χ0n) is 13.2. The van der Waals surface area contributed by atoms with Crippen molar-refractivity contribution in [2.24, 2.45) is 11.8 Å². The largest absolute Gasteiger partial charge is 0.314 e. The lowest BCUT2D eigenvalue weighted by Gasteiger charge is -2.40. The molecule has 2 aliphatic rings. The minimum atomic E-state index is 0.774. The van der Waals surface area contributed by atoms with E-state index in [1.807, 2.05) is 0 Å². The molecule has 0 bridgehead atoms. The molecule has 3 unspecified atom stereocenters. The molecular weight excluding hydrogens is 234 g/mol. The van der Waals surface area contributed by atoms with Gasteiger partial charge in [-0.25, -0.2) is 0 Å². The van der Waals surface area contributed by atoms with Crippen molar-refractivity contribution in [2.45, 2.75) is 45.6 Å². The molecule has 0 spiro atoms. The van der Waals surface area contributed by atoms with Crippen molar-refractivity contribution in [3.63, 3.8) is 0 Å². The minimum absolute atomic E-state index is 0.774. The lowest BCUT2D eigenvalue weighted by Crippen LogP contribution is -2.50. The van der Waals surface area contributed by atoms with Crippen LogP contribution in [0.15, 0.2) is 0 Å². The van der Waals surface area contributed by atoms with Gasteiger partial charge in [-0.3, -0.25) is 0 Å². The van der Waals surface area contributed by atoms with E-state index < -0.39 is 0 Å². The molecule has 3 nitrogen and oxygen atoms in total. The smallest absolute Gasteiger partial charge is 0.0110 e. The predicted octanol–water partition coefficient (Wildman–Crippen LogP) is 2.04. The van der Waals surface area contributed by atoms with Crippen LogP contribution in [-0.4, -0.2) is 62.2 Å². The molecule has 1 aliphatic carbocycles. The Bertz CT molecular complexity index is 246. The van der Waals surface area contributed by atoms with Gasteiger partial charge in [-0.2, -0.15) is 0 Å². The molecule has 0 radical (unpaired) electrons. The highest BCUT2D eigenvalue weighted by Crippen LogP contribution is 2.30. The lowest BCUT2D eigenvalue weighted by atomic mass is 9.78. The van der Waals surface area contributed by atoms with Crippen molar-refractivity contribution in [3.8, 4) is 0 Å². The molecule has 1 heterocycles. The maximum absolute atomic E-state index is 3.80.